The van der Waals surface area contributed by atoms with Gasteiger partial charge in [0.15, 0.2) is 0 Å². The zero-order valence-electron chi connectivity index (χ0n) is 25.0. The molecule has 0 spiro atoms. The number of carbonyl (C=O) groups excluding carboxylic acids is 3. The summed E-state index contributed by atoms with van der Waals surface area (Å²) >= 11 is 0. The lowest BCUT2D eigenvalue weighted by atomic mass is 10.0. The Morgan fingerprint density at radius 2 is 1.27 bits per heavy atom. The second-order valence-corrected chi connectivity index (χ2v) is 9.71. The van der Waals surface area contributed by atoms with E-state index in [1.807, 2.05) is 54.6 Å². The highest BCUT2D eigenvalue weighted by Crippen LogP contribution is 2.26. The number of para-hydroxylation sites is 1. The first-order chi connectivity index (χ1) is 21.6. The normalized spacial score (nSPS) is 11.6. The number of anilines is 1. The Balaban J connectivity index is 1.18. The maximum absolute atomic E-state index is 13.2. The van der Waals surface area contributed by atoms with E-state index in [4.69, 9.17) is 24.2 Å². The molecule has 2 aromatic carbocycles. The number of hydrogen-bond donors (Lipinski definition) is 2. The van der Waals surface area contributed by atoms with E-state index in [0.717, 1.165) is 22.4 Å². The van der Waals surface area contributed by atoms with Crippen LogP contribution >= 0.6 is 0 Å². The topological polar surface area (TPSA) is 139 Å². The van der Waals surface area contributed by atoms with E-state index in [2.05, 4.69) is 22.5 Å². The number of ether oxygens (including phenoxy) is 4. The molecular weight excluding hydrogens is 564 g/mol. The quantitative estimate of drug-likeness (QED) is 0.173. The molecule has 0 bridgehead atoms. The van der Waals surface area contributed by atoms with Crippen molar-refractivity contribution in [2.75, 3.05) is 70.8 Å². The van der Waals surface area contributed by atoms with Crippen LogP contribution in [0, 0.1) is 23.2 Å². The number of benzene rings is 2. The van der Waals surface area contributed by atoms with Gasteiger partial charge >= 0.3 is 0 Å². The summed E-state index contributed by atoms with van der Waals surface area (Å²) in [5.41, 5.74) is 3.39. The summed E-state index contributed by atoms with van der Waals surface area (Å²) in [5.74, 6) is 5.90. The minimum atomic E-state index is -0.210. The summed E-state index contributed by atoms with van der Waals surface area (Å²) in [6, 6.07) is 17.3. The molecule has 11 heteroatoms. The highest BCUT2D eigenvalue weighted by Gasteiger charge is 2.21. The van der Waals surface area contributed by atoms with Crippen molar-refractivity contribution in [3.63, 3.8) is 0 Å². The zero-order chi connectivity index (χ0) is 31.2. The zero-order valence-corrected chi connectivity index (χ0v) is 25.0. The summed E-state index contributed by atoms with van der Waals surface area (Å²) in [6.45, 7) is 4.10. The lowest BCUT2D eigenvalue weighted by molar-refractivity contribution is -0.125. The average Bonchev–Trinajstić information content (AvgIpc) is 3.03. The van der Waals surface area contributed by atoms with Gasteiger partial charge in [-0.1, -0.05) is 42.2 Å². The monoisotopic (exact) mass is 604 g/mol. The lowest BCUT2D eigenvalue weighted by Crippen LogP contribution is -2.34. The molecule has 2 aromatic rings. The van der Waals surface area contributed by atoms with E-state index < -0.39 is 0 Å². The molecule has 0 radical (unpaired) electrons. The second-order valence-electron chi connectivity index (χ2n) is 9.71. The van der Waals surface area contributed by atoms with Crippen LogP contribution in [-0.2, 0) is 39.9 Å². The predicted molar refractivity (Wildman–Crippen MR) is 163 cm³/mol. The first-order valence-electron chi connectivity index (χ1n) is 14.8. The number of nitriles is 1. The third-order valence-corrected chi connectivity index (χ3v) is 6.46. The summed E-state index contributed by atoms with van der Waals surface area (Å²) in [4.78, 5) is 38.7. The molecule has 0 unspecified atom stereocenters. The molecule has 0 fully saturated rings. The first kappa shape index (κ1) is 34.2. The Morgan fingerprint density at radius 1 is 0.705 bits per heavy atom. The minimum Gasteiger partial charge on any atom is -0.379 e. The second kappa shape index (κ2) is 20.6. The van der Waals surface area contributed by atoms with Crippen molar-refractivity contribution in [2.24, 2.45) is 0 Å². The first-order valence-corrected chi connectivity index (χ1v) is 14.8. The molecule has 0 atom stereocenters. The van der Waals surface area contributed by atoms with Gasteiger partial charge in [0.05, 0.1) is 77.6 Å². The molecule has 1 heterocycles. The molecule has 0 aliphatic carbocycles. The van der Waals surface area contributed by atoms with Gasteiger partial charge in [0.25, 0.3) is 0 Å². The largest absolute Gasteiger partial charge is 0.379 e. The number of fused-ring (bicyclic) bond motifs is 2. The number of rotatable bonds is 20. The molecule has 44 heavy (non-hydrogen) atoms. The molecule has 1 aliphatic rings. The smallest absolute Gasteiger partial charge is 0.227 e. The Bertz CT molecular complexity index is 1310. The van der Waals surface area contributed by atoms with Gasteiger partial charge < -0.3 is 34.5 Å². The molecule has 0 saturated carbocycles. The van der Waals surface area contributed by atoms with Gasteiger partial charge in [0.1, 0.15) is 0 Å². The molecule has 0 saturated heterocycles. The highest BCUT2D eigenvalue weighted by molar-refractivity contribution is 5.96. The Hall–Kier alpha value is -4.26. The van der Waals surface area contributed by atoms with Crippen molar-refractivity contribution >= 4 is 23.4 Å². The van der Waals surface area contributed by atoms with Crippen molar-refractivity contribution in [1.82, 2.24) is 10.6 Å². The molecule has 3 rings (SSSR count). The standard InChI is InChI=1S/C33H40N4O7/c34-15-5-16-35-32(39)14-18-41-20-22-43-24-25-44-23-21-42-19-17-36-31(38)12-13-33(40)37-26-29-8-2-1-6-27(29)10-11-28-7-3-4-9-30(28)37/h1-4,6-9H,5,12-14,16-26H2,(H,35,39)(H,36,38). The molecule has 0 aromatic heterocycles. The van der Waals surface area contributed by atoms with E-state index in [-0.39, 0.29) is 37.0 Å². The van der Waals surface area contributed by atoms with E-state index in [1.165, 1.54) is 0 Å². The van der Waals surface area contributed by atoms with E-state index in [0.29, 0.717) is 78.9 Å². The van der Waals surface area contributed by atoms with Crippen LogP contribution < -0.4 is 15.5 Å². The van der Waals surface area contributed by atoms with Crippen LogP contribution in [0.2, 0.25) is 0 Å². The van der Waals surface area contributed by atoms with Gasteiger partial charge in [-0.25, -0.2) is 0 Å². The predicted octanol–water partition coefficient (Wildman–Crippen LogP) is 2.32. The fourth-order valence-corrected chi connectivity index (χ4v) is 4.19. The van der Waals surface area contributed by atoms with Gasteiger partial charge in [0, 0.05) is 43.5 Å². The van der Waals surface area contributed by atoms with Gasteiger partial charge in [0.2, 0.25) is 17.7 Å². The van der Waals surface area contributed by atoms with Crippen LogP contribution in [0.5, 0.6) is 0 Å². The molecule has 2 N–H and O–H groups in total. The lowest BCUT2D eigenvalue weighted by Gasteiger charge is -2.26. The minimum absolute atomic E-state index is 0.0810. The van der Waals surface area contributed by atoms with Crippen molar-refractivity contribution in [2.45, 2.75) is 32.2 Å². The highest BCUT2D eigenvalue weighted by atomic mass is 16.6. The van der Waals surface area contributed by atoms with E-state index in [1.54, 1.807) is 4.90 Å². The van der Waals surface area contributed by atoms with Crippen LogP contribution in [-0.4, -0.2) is 83.7 Å². The Morgan fingerprint density at radius 3 is 2.00 bits per heavy atom. The van der Waals surface area contributed by atoms with Crippen molar-refractivity contribution in [3.05, 3.63) is 65.2 Å². The summed E-state index contributed by atoms with van der Waals surface area (Å²) < 4.78 is 21.7. The van der Waals surface area contributed by atoms with E-state index >= 15 is 0 Å². The molecule has 234 valence electrons. The number of carbonyl (C=O) groups is 3. The van der Waals surface area contributed by atoms with Gasteiger partial charge in [-0.3, -0.25) is 14.4 Å². The van der Waals surface area contributed by atoms with Crippen LogP contribution in [0.25, 0.3) is 0 Å². The maximum Gasteiger partial charge on any atom is 0.227 e. The number of nitrogens with zero attached hydrogens (tertiary/aromatic N) is 2. The van der Waals surface area contributed by atoms with E-state index in [9.17, 15) is 14.4 Å². The van der Waals surface area contributed by atoms with Gasteiger partial charge in [-0.15, -0.1) is 0 Å². The third-order valence-electron chi connectivity index (χ3n) is 6.46. The Kier molecular flexibility index (Phi) is 16.0. The van der Waals surface area contributed by atoms with Gasteiger partial charge in [-0.2, -0.15) is 5.26 Å². The molecular formula is C33H40N4O7. The molecule has 1 aliphatic heterocycles. The maximum atomic E-state index is 13.2. The van der Waals surface area contributed by atoms with Crippen molar-refractivity contribution < 1.29 is 33.3 Å². The number of nitrogens with one attached hydrogen (secondary N) is 2. The van der Waals surface area contributed by atoms with Crippen LogP contribution in [0.15, 0.2) is 48.5 Å². The van der Waals surface area contributed by atoms with Crippen LogP contribution in [0.1, 0.15) is 42.4 Å². The summed E-state index contributed by atoms with van der Waals surface area (Å²) in [5, 5.41) is 13.9. The third kappa shape index (κ3) is 12.9. The fraction of sp³-hybridized carbons (Fsp3) is 0.455. The molecule has 3 amide bonds. The summed E-state index contributed by atoms with van der Waals surface area (Å²) in [6.07, 6.45) is 0.705. The fourth-order valence-electron chi connectivity index (χ4n) is 4.19. The van der Waals surface area contributed by atoms with Crippen LogP contribution in [0.3, 0.4) is 0 Å². The average molecular weight is 605 g/mol. The van der Waals surface area contributed by atoms with Crippen LogP contribution in [0.4, 0.5) is 5.69 Å². The molecule has 11 nitrogen and oxygen atoms in total. The van der Waals surface area contributed by atoms with Gasteiger partial charge in [-0.05, 0) is 23.8 Å². The summed E-state index contributed by atoms with van der Waals surface area (Å²) in [7, 11) is 0. The van der Waals surface area contributed by atoms with Crippen molar-refractivity contribution in [3.8, 4) is 17.9 Å². The number of hydrogen-bond acceptors (Lipinski definition) is 8. The van der Waals surface area contributed by atoms with Crippen molar-refractivity contribution in [1.29, 1.82) is 5.26 Å². The number of amides is 3. The SMILES string of the molecule is N#CCCNC(=O)CCOCCOCCOCCOCCNC(=O)CCC(=O)N1Cc2ccccc2C#Cc2ccccc21. The Labute approximate surface area is 258 Å².